The Kier molecular flexibility index (Phi) is 4.85. The molecule has 0 fully saturated rings. The first kappa shape index (κ1) is 16.5. The molecule has 2 aromatic carbocycles. The summed E-state index contributed by atoms with van der Waals surface area (Å²) >= 11 is 2.18. The maximum atomic E-state index is 12.3. The Morgan fingerprint density at radius 2 is 1.41 bits per heavy atom. The summed E-state index contributed by atoms with van der Waals surface area (Å²) in [7, 11) is 0. The van der Waals surface area contributed by atoms with Gasteiger partial charge in [0.1, 0.15) is 11.4 Å². The van der Waals surface area contributed by atoms with Crippen molar-refractivity contribution in [2.45, 2.75) is 19.4 Å². The molecule has 0 radical (unpaired) electrons. The first-order valence-corrected chi connectivity index (χ1v) is 7.68. The second kappa shape index (κ2) is 6.48. The van der Waals surface area contributed by atoms with Crippen LogP contribution in [0.25, 0.3) is 0 Å². The number of benzene rings is 2. The Labute approximate surface area is 142 Å². The Bertz CT molecular complexity index is 688. The molecule has 0 aliphatic rings. The van der Waals surface area contributed by atoms with Crippen LogP contribution in [0, 0.1) is 3.57 Å². The van der Waals surface area contributed by atoms with Crippen LogP contribution in [0.4, 0.5) is 0 Å². The highest BCUT2D eigenvalue weighted by atomic mass is 127. The minimum atomic E-state index is -1.43. The fourth-order valence-electron chi connectivity index (χ4n) is 1.78. The third-order valence-corrected chi connectivity index (χ3v) is 3.81. The van der Waals surface area contributed by atoms with Crippen molar-refractivity contribution in [1.29, 1.82) is 0 Å². The normalized spacial score (nSPS) is 11.0. The zero-order chi connectivity index (χ0) is 16.3. The fraction of sp³-hybridized carbons (Fsp3) is 0.176. The number of halogens is 1. The minimum Gasteiger partial charge on any atom is -0.546 e. The first-order valence-electron chi connectivity index (χ1n) is 6.60. The second-order valence-corrected chi connectivity index (χ2v) is 6.51. The summed E-state index contributed by atoms with van der Waals surface area (Å²) in [5.41, 5.74) is -0.314. The van der Waals surface area contributed by atoms with Crippen LogP contribution in [0.15, 0.2) is 48.5 Å². The summed E-state index contributed by atoms with van der Waals surface area (Å²) in [5, 5.41) is 10.9. The number of aliphatic carboxylic acids is 1. The maximum absolute atomic E-state index is 12.3. The van der Waals surface area contributed by atoms with Crippen molar-refractivity contribution < 1.29 is 19.4 Å². The van der Waals surface area contributed by atoms with Gasteiger partial charge in [0, 0.05) is 14.7 Å². The molecule has 0 saturated heterocycles. The molecule has 0 unspecified atom stereocenters. The molecular formula is C17H14IO4-. The highest BCUT2D eigenvalue weighted by molar-refractivity contribution is 14.1. The Hall–Kier alpha value is -1.89. The number of carbonyl (C=O) groups is 2. The molecule has 0 spiro atoms. The highest BCUT2D eigenvalue weighted by Crippen LogP contribution is 2.20. The number of carbonyl (C=O) groups excluding carboxylic acids is 2. The van der Waals surface area contributed by atoms with Crippen LogP contribution in [0.1, 0.15) is 29.8 Å². The lowest BCUT2D eigenvalue weighted by molar-refractivity contribution is -0.320. The van der Waals surface area contributed by atoms with E-state index in [1.54, 1.807) is 36.4 Å². The molecule has 0 N–H and O–H groups in total. The molecule has 0 atom stereocenters. The third-order valence-electron chi connectivity index (χ3n) is 3.09. The lowest BCUT2D eigenvalue weighted by Crippen LogP contribution is -2.47. The summed E-state index contributed by atoms with van der Waals surface area (Å²) in [6.07, 6.45) is 0. The first-order chi connectivity index (χ1) is 10.3. The topological polar surface area (TPSA) is 66.4 Å². The van der Waals surface area contributed by atoms with Gasteiger partial charge < -0.3 is 14.6 Å². The Balaban J connectivity index is 2.16. The lowest BCUT2D eigenvalue weighted by Gasteiger charge is -2.27. The number of hydrogen-bond acceptors (Lipinski definition) is 4. The smallest absolute Gasteiger partial charge is 0.193 e. The van der Waals surface area contributed by atoms with E-state index in [0.29, 0.717) is 16.9 Å². The van der Waals surface area contributed by atoms with Crippen LogP contribution in [0.2, 0.25) is 0 Å². The largest absolute Gasteiger partial charge is 0.546 e. The molecule has 2 aromatic rings. The van der Waals surface area contributed by atoms with Crippen LogP contribution in [-0.4, -0.2) is 17.4 Å². The summed E-state index contributed by atoms with van der Waals surface area (Å²) in [4.78, 5) is 23.2. The van der Waals surface area contributed by atoms with E-state index in [1.165, 1.54) is 13.8 Å². The lowest BCUT2D eigenvalue weighted by atomic mass is 10.0. The van der Waals surface area contributed by atoms with Gasteiger partial charge in [0.15, 0.2) is 5.78 Å². The van der Waals surface area contributed by atoms with Crippen LogP contribution >= 0.6 is 22.6 Å². The zero-order valence-electron chi connectivity index (χ0n) is 12.1. The van der Waals surface area contributed by atoms with Gasteiger partial charge in [-0.15, -0.1) is 0 Å². The van der Waals surface area contributed by atoms with Gasteiger partial charge in [-0.25, -0.2) is 0 Å². The van der Waals surface area contributed by atoms with Gasteiger partial charge in [-0.2, -0.15) is 0 Å². The van der Waals surface area contributed by atoms with Gasteiger partial charge in [-0.05, 0) is 85.0 Å². The molecule has 0 amide bonds. The van der Waals surface area contributed by atoms with E-state index in [1.807, 2.05) is 12.1 Å². The summed E-state index contributed by atoms with van der Waals surface area (Å²) in [6, 6.07) is 13.7. The molecule has 22 heavy (non-hydrogen) atoms. The Morgan fingerprint density at radius 3 is 1.86 bits per heavy atom. The molecule has 0 aromatic heterocycles. The van der Waals surface area contributed by atoms with E-state index in [2.05, 4.69) is 22.6 Å². The minimum absolute atomic E-state index is 0.0953. The predicted molar refractivity (Wildman–Crippen MR) is 88.7 cm³/mol. The highest BCUT2D eigenvalue weighted by Gasteiger charge is 2.21. The fourth-order valence-corrected chi connectivity index (χ4v) is 2.14. The second-order valence-electron chi connectivity index (χ2n) is 5.26. The van der Waals surface area contributed by atoms with Gasteiger partial charge in [0.05, 0.1) is 5.97 Å². The van der Waals surface area contributed by atoms with Crippen molar-refractivity contribution in [2.75, 3.05) is 0 Å². The summed E-state index contributed by atoms with van der Waals surface area (Å²) in [5.74, 6) is -1.03. The number of ether oxygens (including phenoxy) is 1. The summed E-state index contributed by atoms with van der Waals surface area (Å²) in [6.45, 7) is 2.82. The molecule has 0 aliphatic carbocycles. The third kappa shape index (κ3) is 3.85. The van der Waals surface area contributed by atoms with Gasteiger partial charge in [-0.3, -0.25) is 4.79 Å². The number of carboxylic acids is 1. The number of ketones is 1. The number of hydrogen-bond donors (Lipinski definition) is 0. The molecule has 4 nitrogen and oxygen atoms in total. The van der Waals surface area contributed by atoms with Crippen molar-refractivity contribution in [1.82, 2.24) is 0 Å². The van der Waals surface area contributed by atoms with E-state index in [4.69, 9.17) is 4.74 Å². The van der Waals surface area contributed by atoms with Crippen molar-refractivity contribution in [3.8, 4) is 5.75 Å². The van der Waals surface area contributed by atoms with Crippen LogP contribution in [0.5, 0.6) is 5.75 Å². The molecule has 5 heteroatoms. The van der Waals surface area contributed by atoms with Crippen LogP contribution in [0.3, 0.4) is 0 Å². The molecule has 0 saturated carbocycles. The van der Waals surface area contributed by atoms with Crippen LogP contribution in [-0.2, 0) is 4.79 Å². The van der Waals surface area contributed by atoms with Gasteiger partial charge in [0.25, 0.3) is 0 Å². The summed E-state index contributed by atoms with van der Waals surface area (Å²) < 4.78 is 6.40. The average Bonchev–Trinajstić information content (AvgIpc) is 2.47. The van der Waals surface area contributed by atoms with Crippen molar-refractivity contribution in [3.05, 3.63) is 63.2 Å². The van der Waals surface area contributed by atoms with E-state index in [-0.39, 0.29) is 5.78 Å². The zero-order valence-corrected chi connectivity index (χ0v) is 14.3. The van der Waals surface area contributed by atoms with E-state index >= 15 is 0 Å². The van der Waals surface area contributed by atoms with Crippen LogP contribution < -0.4 is 9.84 Å². The quantitative estimate of drug-likeness (QED) is 0.562. The maximum Gasteiger partial charge on any atom is 0.193 e. The van der Waals surface area contributed by atoms with Gasteiger partial charge in [-0.1, -0.05) is 0 Å². The average molecular weight is 409 g/mol. The monoisotopic (exact) mass is 409 g/mol. The predicted octanol–water partition coefficient (Wildman–Crippen LogP) is 2.43. The van der Waals surface area contributed by atoms with Crippen molar-refractivity contribution in [3.63, 3.8) is 0 Å². The van der Waals surface area contributed by atoms with Gasteiger partial charge in [0.2, 0.25) is 0 Å². The number of rotatable bonds is 5. The molecule has 0 aliphatic heterocycles. The SMILES string of the molecule is CC(C)(Oc1ccc(C(=O)c2ccc(I)cc2)cc1)C(=O)[O-]. The molecular weight excluding hydrogens is 395 g/mol. The Morgan fingerprint density at radius 1 is 0.955 bits per heavy atom. The van der Waals surface area contributed by atoms with E-state index in [0.717, 1.165) is 3.57 Å². The number of carboxylic acid groups (broad SMARTS) is 1. The molecule has 2 rings (SSSR count). The van der Waals surface area contributed by atoms with E-state index < -0.39 is 11.6 Å². The van der Waals surface area contributed by atoms with Crippen molar-refractivity contribution in [2.24, 2.45) is 0 Å². The van der Waals surface area contributed by atoms with Gasteiger partial charge >= 0.3 is 0 Å². The molecule has 0 bridgehead atoms. The standard InChI is InChI=1S/C17H15IO4/c1-17(2,16(20)21)22-14-9-5-12(6-10-14)15(19)11-3-7-13(18)8-4-11/h3-10H,1-2H3,(H,20,21)/p-1. The van der Waals surface area contributed by atoms with E-state index in [9.17, 15) is 14.7 Å². The molecule has 0 heterocycles. The molecule has 114 valence electrons. The van der Waals surface area contributed by atoms with Crippen molar-refractivity contribution >= 4 is 34.3 Å².